The van der Waals surface area contributed by atoms with E-state index in [1.807, 2.05) is 36.4 Å². The van der Waals surface area contributed by atoms with E-state index in [1.54, 1.807) is 0 Å². The van der Waals surface area contributed by atoms with Crippen LogP contribution in [0.4, 0.5) is 0 Å². The number of aromatic nitrogens is 3. The molecule has 1 aromatic heterocycles. The minimum Gasteiger partial charge on any atom is -0.208 e. The highest BCUT2D eigenvalue weighted by molar-refractivity contribution is 6.28. The van der Waals surface area contributed by atoms with Crippen LogP contribution in [0.25, 0.3) is 99.9 Å². The molecule has 282 valence electrons. The second-order valence-corrected chi connectivity index (χ2v) is 16.2. The first kappa shape index (κ1) is 33.9. The molecule has 1 heterocycles. The third-order valence-corrected chi connectivity index (χ3v) is 13.1. The predicted octanol–water partition coefficient (Wildman–Crippen LogP) is 14.3. The third-order valence-electron chi connectivity index (χ3n) is 13.1. The highest BCUT2D eigenvalue weighted by atomic mass is 15.0. The van der Waals surface area contributed by atoms with Crippen LogP contribution in [0.2, 0.25) is 0 Å². The molecule has 0 fully saturated rings. The van der Waals surface area contributed by atoms with Crippen LogP contribution in [-0.2, 0) is 5.41 Å². The summed E-state index contributed by atoms with van der Waals surface area (Å²) in [6.07, 6.45) is 0. The highest BCUT2D eigenvalue weighted by Gasteiger charge is 2.51. The topological polar surface area (TPSA) is 38.7 Å². The highest BCUT2D eigenvalue weighted by Crippen LogP contribution is 2.63. The van der Waals surface area contributed by atoms with Gasteiger partial charge in [-0.1, -0.05) is 200 Å². The van der Waals surface area contributed by atoms with Crippen molar-refractivity contribution in [1.29, 1.82) is 0 Å². The van der Waals surface area contributed by atoms with Gasteiger partial charge in [0.1, 0.15) is 0 Å². The van der Waals surface area contributed by atoms with Crippen LogP contribution in [-0.4, -0.2) is 15.0 Å². The van der Waals surface area contributed by atoms with Gasteiger partial charge in [-0.05, 0) is 94.7 Å². The Kier molecular flexibility index (Phi) is 7.22. The van der Waals surface area contributed by atoms with Gasteiger partial charge >= 0.3 is 0 Å². The largest absolute Gasteiger partial charge is 0.208 e. The molecule has 0 aliphatic heterocycles. The van der Waals surface area contributed by atoms with Crippen molar-refractivity contribution in [2.75, 3.05) is 0 Å². The molecule has 2 aliphatic rings. The smallest absolute Gasteiger partial charge is 0.164 e. The van der Waals surface area contributed by atoms with Gasteiger partial charge in [-0.3, -0.25) is 0 Å². The fourth-order valence-electron chi connectivity index (χ4n) is 10.6. The van der Waals surface area contributed by atoms with E-state index in [2.05, 4.69) is 176 Å². The summed E-state index contributed by atoms with van der Waals surface area (Å²) < 4.78 is 0. The molecule has 0 unspecified atom stereocenters. The summed E-state index contributed by atoms with van der Waals surface area (Å²) in [4.78, 5) is 15.4. The standard InChI is InChI=1S/C58H35N3/c1-3-16-36(17-4-1)55-59-56(37-18-5-2-6-19-37)61-57(60-55)48-26-15-25-47-49-34-38(30-32-41(49)40-20-7-8-24-46(40)54(47)48)39-31-33-45-44-23-11-14-29-52(44)58(53(45)35-39)50-27-12-9-21-42(50)43-22-10-13-28-51(43)58/h1-35H. The van der Waals surface area contributed by atoms with Crippen LogP contribution in [0.15, 0.2) is 212 Å². The van der Waals surface area contributed by atoms with E-state index in [0.717, 1.165) is 22.1 Å². The van der Waals surface area contributed by atoms with Gasteiger partial charge in [0, 0.05) is 22.1 Å². The molecule has 0 radical (unpaired) electrons. The van der Waals surface area contributed by atoms with Gasteiger partial charge in [0.2, 0.25) is 0 Å². The Bertz CT molecular complexity index is 3470. The van der Waals surface area contributed by atoms with Crippen molar-refractivity contribution in [3.05, 3.63) is 235 Å². The number of hydrogen-bond acceptors (Lipinski definition) is 3. The quantitative estimate of drug-likeness (QED) is 0.167. The van der Waals surface area contributed by atoms with Crippen LogP contribution in [0.3, 0.4) is 0 Å². The summed E-state index contributed by atoms with van der Waals surface area (Å²) >= 11 is 0. The Morgan fingerprint density at radius 1 is 0.246 bits per heavy atom. The molecule has 1 spiro atoms. The van der Waals surface area contributed by atoms with E-state index in [4.69, 9.17) is 15.0 Å². The lowest BCUT2D eigenvalue weighted by Gasteiger charge is -2.30. The van der Waals surface area contributed by atoms with Crippen molar-refractivity contribution >= 4 is 32.3 Å². The molecule has 3 nitrogen and oxygen atoms in total. The Labute approximate surface area is 353 Å². The predicted molar refractivity (Wildman–Crippen MR) is 250 cm³/mol. The lowest BCUT2D eigenvalue weighted by Crippen LogP contribution is -2.25. The van der Waals surface area contributed by atoms with Gasteiger partial charge < -0.3 is 0 Å². The summed E-state index contributed by atoms with van der Waals surface area (Å²) in [5, 5.41) is 7.09. The zero-order valence-electron chi connectivity index (χ0n) is 33.0. The number of fused-ring (bicyclic) bond motifs is 16. The fourth-order valence-corrected chi connectivity index (χ4v) is 10.6. The molecule has 61 heavy (non-hydrogen) atoms. The Hall–Kier alpha value is -8.01. The number of hydrogen-bond donors (Lipinski definition) is 0. The van der Waals surface area contributed by atoms with Gasteiger partial charge in [-0.15, -0.1) is 0 Å². The first-order valence-corrected chi connectivity index (χ1v) is 20.9. The van der Waals surface area contributed by atoms with E-state index in [1.165, 1.54) is 82.6 Å². The number of rotatable bonds is 4. The molecular formula is C58H35N3. The van der Waals surface area contributed by atoms with Crippen LogP contribution in [0.1, 0.15) is 22.3 Å². The number of nitrogens with zero attached hydrogens (tertiary/aromatic N) is 3. The molecule has 0 saturated carbocycles. The van der Waals surface area contributed by atoms with E-state index >= 15 is 0 Å². The van der Waals surface area contributed by atoms with Crippen molar-refractivity contribution in [2.24, 2.45) is 0 Å². The van der Waals surface area contributed by atoms with Crippen molar-refractivity contribution in [3.63, 3.8) is 0 Å². The average Bonchev–Trinajstić information content (AvgIpc) is 3.81. The average molecular weight is 774 g/mol. The Balaban J connectivity index is 1.05. The third kappa shape index (κ3) is 4.83. The first-order valence-electron chi connectivity index (χ1n) is 20.9. The molecule has 0 amide bonds. The molecule has 0 bridgehead atoms. The van der Waals surface area contributed by atoms with E-state index in [9.17, 15) is 0 Å². The van der Waals surface area contributed by atoms with Crippen LogP contribution < -0.4 is 0 Å². The summed E-state index contributed by atoms with van der Waals surface area (Å²) in [6.45, 7) is 0. The summed E-state index contributed by atoms with van der Waals surface area (Å²) in [5.74, 6) is 1.95. The van der Waals surface area contributed by atoms with Crippen molar-refractivity contribution in [2.45, 2.75) is 5.41 Å². The maximum Gasteiger partial charge on any atom is 0.164 e. The normalized spacial score (nSPS) is 13.0. The number of benzene rings is 10. The Morgan fingerprint density at radius 3 is 1.30 bits per heavy atom. The summed E-state index contributed by atoms with van der Waals surface area (Å²) in [6, 6.07) is 77.0. The zero-order valence-corrected chi connectivity index (χ0v) is 33.0. The van der Waals surface area contributed by atoms with Crippen molar-refractivity contribution < 1.29 is 0 Å². The Morgan fingerprint density at radius 2 is 0.672 bits per heavy atom. The second kappa shape index (κ2) is 13.0. The molecule has 3 heteroatoms. The molecule has 11 aromatic rings. The van der Waals surface area contributed by atoms with Gasteiger partial charge in [-0.2, -0.15) is 0 Å². The van der Waals surface area contributed by atoms with Crippen LogP contribution >= 0.6 is 0 Å². The summed E-state index contributed by atoms with van der Waals surface area (Å²) in [7, 11) is 0. The van der Waals surface area contributed by atoms with E-state index in [0.29, 0.717) is 17.5 Å². The zero-order chi connectivity index (χ0) is 40.1. The molecule has 13 rings (SSSR count). The van der Waals surface area contributed by atoms with Crippen LogP contribution in [0, 0.1) is 0 Å². The molecule has 2 aliphatic carbocycles. The SMILES string of the molecule is c1ccc(-c2nc(-c3ccccc3)nc(-c3cccc4c5cc(-c6ccc7c(c6)C6(c8ccccc8-c8ccccc86)c6ccccc6-7)ccc5c5ccccc5c34)n2)cc1. The fraction of sp³-hybridized carbons (Fsp3) is 0.0172. The van der Waals surface area contributed by atoms with E-state index in [-0.39, 0.29) is 0 Å². The van der Waals surface area contributed by atoms with Gasteiger partial charge in [0.25, 0.3) is 0 Å². The molecule has 0 N–H and O–H groups in total. The summed E-state index contributed by atoms with van der Waals surface area (Å²) in [5.41, 5.74) is 15.5. The van der Waals surface area contributed by atoms with Gasteiger partial charge in [0.15, 0.2) is 17.5 Å². The maximum absolute atomic E-state index is 5.20. The lowest BCUT2D eigenvalue weighted by molar-refractivity contribution is 0.794. The van der Waals surface area contributed by atoms with Gasteiger partial charge in [-0.25, -0.2) is 15.0 Å². The molecule has 0 saturated heterocycles. The molecule has 10 aromatic carbocycles. The minimum atomic E-state index is -0.397. The van der Waals surface area contributed by atoms with Crippen molar-refractivity contribution in [3.8, 4) is 67.5 Å². The molecule has 0 atom stereocenters. The lowest BCUT2D eigenvalue weighted by atomic mass is 9.70. The van der Waals surface area contributed by atoms with E-state index < -0.39 is 5.41 Å². The maximum atomic E-state index is 5.20. The van der Waals surface area contributed by atoms with Crippen LogP contribution in [0.5, 0.6) is 0 Å². The second-order valence-electron chi connectivity index (χ2n) is 16.2. The minimum absolute atomic E-state index is 0.397. The monoisotopic (exact) mass is 773 g/mol. The van der Waals surface area contributed by atoms with Gasteiger partial charge in [0.05, 0.1) is 5.41 Å². The molecular weight excluding hydrogens is 739 g/mol. The van der Waals surface area contributed by atoms with Crippen molar-refractivity contribution in [1.82, 2.24) is 15.0 Å². The first-order chi connectivity index (χ1) is 30.3.